The summed E-state index contributed by atoms with van der Waals surface area (Å²) >= 11 is 0. The molecule has 0 radical (unpaired) electrons. The average Bonchev–Trinajstić information content (AvgIpc) is 2.19. The van der Waals surface area contributed by atoms with Gasteiger partial charge in [0.15, 0.2) is 0 Å². The van der Waals surface area contributed by atoms with Crippen molar-refractivity contribution in [3.63, 3.8) is 0 Å². The Morgan fingerprint density at radius 2 is 2.20 bits per heavy atom. The Labute approximate surface area is 97.4 Å². The molecule has 1 aromatic carbocycles. The zero-order valence-corrected chi connectivity index (χ0v) is 10.1. The molecule has 0 aromatic heterocycles. The predicted octanol–water partition coefficient (Wildman–Crippen LogP) is 2.25. The van der Waals surface area contributed by atoms with Gasteiger partial charge in [0.05, 0.1) is 6.61 Å². The molecule has 1 heterocycles. The topological polar surface area (TPSA) is 21.3 Å². The van der Waals surface area contributed by atoms with Gasteiger partial charge in [-0.15, -0.1) is 12.4 Å². The number of hydrogen-bond acceptors (Lipinski definition) is 2. The molecule has 1 atom stereocenters. The summed E-state index contributed by atoms with van der Waals surface area (Å²) in [6.45, 7) is 6.92. The van der Waals surface area contributed by atoms with Gasteiger partial charge < -0.3 is 10.1 Å². The third kappa shape index (κ3) is 2.71. The number of morpholine rings is 1. The van der Waals surface area contributed by atoms with Crippen LogP contribution in [0.1, 0.15) is 18.1 Å². The van der Waals surface area contributed by atoms with E-state index in [4.69, 9.17) is 4.74 Å². The molecule has 84 valence electrons. The highest BCUT2D eigenvalue weighted by Gasteiger charge is 2.29. The Morgan fingerprint density at radius 3 is 2.80 bits per heavy atom. The molecule has 2 nitrogen and oxygen atoms in total. The molecule has 0 aliphatic carbocycles. The lowest BCUT2D eigenvalue weighted by Crippen LogP contribution is -2.45. The molecule has 0 bridgehead atoms. The monoisotopic (exact) mass is 227 g/mol. The van der Waals surface area contributed by atoms with Crippen molar-refractivity contribution < 1.29 is 4.74 Å². The molecular weight excluding hydrogens is 210 g/mol. The molecule has 1 aromatic rings. The molecule has 1 aliphatic heterocycles. The van der Waals surface area contributed by atoms with Gasteiger partial charge in [0.1, 0.15) is 5.60 Å². The van der Waals surface area contributed by atoms with E-state index in [1.54, 1.807) is 0 Å². The van der Waals surface area contributed by atoms with Gasteiger partial charge in [-0.2, -0.15) is 0 Å². The first-order chi connectivity index (χ1) is 6.71. The van der Waals surface area contributed by atoms with E-state index in [0.29, 0.717) is 0 Å². The third-order valence-electron chi connectivity index (χ3n) is 2.79. The quantitative estimate of drug-likeness (QED) is 0.795. The molecule has 0 saturated carbocycles. The molecule has 3 heteroatoms. The fraction of sp³-hybridized carbons (Fsp3) is 0.500. The van der Waals surface area contributed by atoms with Crippen LogP contribution >= 0.6 is 12.4 Å². The van der Waals surface area contributed by atoms with E-state index in [0.717, 1.165) is 19.7 Å². The fourth-order valence-corrected chi connectivity index (χ4v) is 1.89. The van der Waals surface area contributed by atoms with Crippen LogP contribution in [0.5, 0.6) is 0 Å². The highest BCUT2D eigenvalue weighted by Crippen LogP contribution is 2.26. The lowest BCUT2D eigenvalue weighted by molar-refractivity contribution is -0.0572. The summed E-state index contributed by atoms with van der Waals surface area (Å²) in [4.78, 5) is 0. The second-order valence-corrected chi connectivity index (χ2v) is 4.13. The van der Waals surface area contributed by atoms with E-state index < -0.39 is 0 Å². The first kappa shape index (κ1) is 12.5. The van der Waals surface area contributed by atoms with Crippen LogP contribution in [-0.4, -0.2) is 19.7 Å². The van der Waals surface area contributed by atoms with Crippen molar-refractivity contribution in [1.82, 2.24) is 5.32 Å². The van der Waals surface area contributed by atoms with Gasteiger partial charge >= 0.3 is 0 Å². The zero-order chi connectivity index (χ0) is 10.0. The van der Waals surface area contributed by atoms with Gasteiger partial charge in [0.2, 0.25) is 0 Å². The van der Waals surface area contributed by atoms with Crippen molar-refractivity contribution in [3.8, 4) is 0 Å². The normalized spacial score (nSPS) is 25.7. The van der Waals surface area contributed by atoms with Crippen molar-refractivity contribution >= 4 is 12.4 Å². The van der Waals surface area contributed by atoms with Crippen LogP contribution in [0.25, 0.3) is 0 Å². The molecule has 2 rings (SSSR count). The van der Waals surface area contributed by atoms with E-state index >= 15 is 0 Å². The SMILES string of the molecule is Cc1cccc(C2(C)CNCCO2)c1.Cl. The molecule has 0 amide bonds. The number of halogens is 1. The maximum atomic E-state index is 5.84. The van der Waals surface area contributed by atoms with E-state index in [2.05, 4.69) is 43.4 Å². The summed E-state index contributed by atoms with van der Waals surface area (Å²) in [5.74, 6) is 0. The highest BCUT2D eigenvalue weighted by molar-refractivity contribution is 5.85. The standard InChI is InChI=1S/C12H17NO.ClH/c1-10-4-3-5-11(8-10)12(2)9-13-6-7-14-12;/h3-5,8,13H,6-7,9H2,1-2H3;1H. The number of nitrogens with one attached hydrogen (secondary N) is 1. The van der Waals surface area contributed by atoms with Crippen LogP contribution in [0.4, 0.5) is 0 Å². The second-order valence-electron chi connectivity index (χ2n) is 4.13. The summed E-state index contributed by atoms with van der Waals surface area (Å²) in [6.07, 6.45) is 0. The van der Waals surface area contributed by atoms with Crippen molar-refractivity contribution in [2.24, 2.45) is 0 Å². The Kier molecular flexibility index (Phi) is 4.14. The van der Waals surface area contributed by atoms with Crippen molar-refractivity contribution in [1.29, 1.82) is 0 Å². The fourth-order valence-electron chi connectivity index (χ4n) is 1.89. The lowest BCUT2D eigenvalue weighted by atomic mass is 9.93. The zero-order valence-electron chi connectivity index (χ0n) is 9.25. The van der Waals surface area contributed by atoms with Crippen molar-refractivity contribution in [2.75, 3.05) is 19.7 Å². The van der Waals surface area contributed by atoms with Crippen LogP contribution in [0.2, 0.25) is 0 Å². The Bertz CT molecular complexity index is 321. The summed E-state index contributed by atoms with van der Waals surface area (Å²) in [5.41, 5.74) is 2.41. The molecule has 1 unspecified atom stereocenters. The first-order valence-electron chi connectivity index (χ1n) is 5.12. The minimum atomic E-state index is -0.149. The molecule has 1 fully saturated rings. The van der Waals surface area contributed by atoms with Gasteiger partial charge in [-0.1, -0.05) is 29.8 Å². The highest BCUT2D eigenvalue weighted by atomic mass is 35.5. The van der Waals surface area contributed by atoms with Crippen molar-refractivity contribution in [2.45, 2.75) is 19.4 Å². The van der Waals surface area contributed by atoms with E-state index in [-0.39, 0.29) is 18.0 Å². The van der Waals surface area contributed by atoms with Gasteiger partial charge in [-0.05, 0) is 19.4 Å². The van der Waals surface area contributed by atoms with Crippen LogP contribution < -0.4 is 5.32 Å². The summed E-state index contributed by atoms with van der Waals surface area (Å²) in [5, 5.41) is 3.37. The van der Waals surface area contributed by atoms with Crippen LogP contribution in [0.3, 0.4) is 0 Å². The summed E-state index contributed by atoms with van der Waals surface area (Å²) in [6, 6.07) is 8.55. The molecule has 1 N–H and O–H groups in total. The largest absolute Gasteiger partial charge is 0.368 e. The minimum absolute atomic E-state index is 0. The van der Waals surface area contributed by atoms with E-state index in [9.17, 15) is 0 Å². The predicted molar refractivity (Wildman–Crippen MR) is 64.6 cm³/mol. The van der Waals surface area contributed by atoms with Crippen LogP contribution in [-0.2, 0) is 10.3 Å². The Balaban J connectivity index is 0.00000112. The number of benzene rings is 1. The number of hydrogen-bond donors (Lipinski definition) is 1. The minimum Gasteiger partial charge on any atom is -0.368 e. The molecule has 15 heavy (non-hydrogen) atoms. The Morgan fingerprint density at radius 1 is 1.40 bits per heavy atom. The molecule has 1 aliphatic rings. The van der Waals surface area contributed by atoms with Gasteiger partial charge in [-0.25, -0.2) is 0 Å². The number of rotatable bonds is 1. The van der Waals surface area contributed by atoms with Crippen LogP contribution in [0.15, 0.2) is 24.3 Å². The summed E-state index contributed by atoms with van der Waals surface area (Å²) in [7, 11) is 0. The van der Waals surface area contributed by atoms with E-state index in [1.165, 1.54) is 11.1 Å². The molecule has 0 spiro atoms. The third-order valence-corrected chi connectivity index (χ3v) is 2.79. The summed E-state index contributed by atoms with van der Waals surface area (Å²) < 4.78 is 5.84. The maximum Gasteiger partial charge on any atom is 0.103 e. The van der Waals surface area contributed by atoms with Gasteiger partial charge in [-0.3, -0.25) is 0 Å². The Hall–Kier alpha value is -0.570. The smallest absolute Gasteiger partial charge is 0.103 e. The average molecular weight is 228 g/mol. The van der Waals surface area contributed by atoms with Crippen molar-refractivity contribution in [3.05, 3.63) is 35.4 Å². The van der Waals surface area contributed by atoms with Crippen LogP contribution in [0, 0.1) is 6.92 Å². The molecular formula is C12H18ClNO. The molecule has 1 saturated heterocycles. The lowest BCUT2D eigenvalue weighted by Gasteiger charge is -2.35. The number of aryl methyl sites for hydroxylation is 1. The second kappa shape index (κ2) is 4.97. The van der Waals surface area contributed by atoms with E-state index in [1.807, 2.05) is 0 Å². The van der Waals surface area contributed by atoms with Gasteiger partial charge in [0.25, 0.3) is 0 Å². The van der Waals surface area contributed by atoms with Gasteiger partial charge in [0, 0.05) is 13.1 Å². The number of ether oxygens (including phenoxy) is 1. The maximum absolute atomic E-state index is 5.84. The first-order valence-corrected chi connectivity index (χ1v) is 5.12.